The van der Waals surface area contributed by atoms with Crippen molar-refractivity contribution in [3.63, 3.8) is 0 Å². The third kappa shape index (κ3) is 4.35. The lowest BCUT2D eigenvalue weighted by atomic mass is 10.0. The lowest BCUT2D eigenvalue weighted by Gasteiger charge is -2.28. The molecule has 0 radical (unpaired) electrons. The molecule has 1 heterocycles. The number of nitrogens with zero attached hydrogens (tertiary/aromatic N) is 1. The molecule has 1 aliphatic rings. The largest absolute Gasteiger partial charge is 0.496 e. The molecule has 0 spiro atoms. The van der Waals surface area contributed by atoms with Crippen LogP contribution < -0.4 is 14.8 Å². The van der Waals surface area contributed by atoms with E-state index in [1.54, 1.807) is 7.11 Å². The molecule has 2 aromatic carbocycles. The van der Waals surface area contributed by atoms with Crippen molar-refractivity contribution in [1.29, 1.82) is 0 Å². The fourth-order valence-electron chi connectivity index (χ4n) is 3.65. The molecule has 0 bridgehead atoms. The van der Waals surface area contributed by atoms with Crippen molar-refractivity contribution >= 4 is 6.03 Å². The molecule has 5 nitrogen and oxygen atoms in total. The molecule has 144 valence electrons. The molecular weight excluding hydrogens is 340 g/mol. The summed E-state index contributed by atoms with van der Waals surface area (Å²) in [4.78, 5) is 14.9. The number of nitrogens with one attached hydrogen (secondary N) is 1. The summed E-state index contributed by atoms with van der Waals surface area (Å²) in [6.45, 7) is 5.36. The lowest BCUT2D eigenvalue weighted by Crippen LogP contribution is -2.40. The molecule has 0 aromatic heterocycles. The van der Waals surface area contributed by atoms with E-state index in [0.29, 0.717) is 6.61 Å². The van der Waals surface area contributed by atoms with E-state index in [0.717, 1.165) is 42.0 Å². The number of likely N-dealkylation sites (tertiary alicyclic amines) is 1. The van der Waals surface area contributed by atoms with Crippen molar-refractivity contribution in [1.82, 2.24) is 10.2 Å². The predicted molar refractivity (Wildman–Crippen MR) is 106 cm³/mol. The number of hydrogen-bond acceptors (Lipinski definition) is 3. The maximum atomic E-state index is 12.9. The summed E-state index contributed by atoms with van der Waals surface area (Å²) in [5.41, 5.74) is 2.13. The van der Waals surface area contributed by atoms with Crippen LogP contribution in [0.4, 0.5) is 4.79 Å². The minimum absolute atomic E-state index is 0.0372. The van der Waals surface area contributed by atoms with Crippen LogP contribution in [0.2, 0.25) is 0 Å². The number of methoxy groups -OCH3 is 1. The average Bonchev–Trinajstić information content (AvgIpc) is 3.18. The summed E-state index contributed by atoms with van der Waals surface area (Å²) >= 11 is 0. The normalized spacial score (nSPS) is 17.4. The van der Waals surface area contributed by atoms with Gasteiger partial charge in [0.05, 0.1) is 25.8 Å². The third-order valence-electron chi connectivity index (χ3n) is 5.04. The zero-order chi connectivity index (χ0) is 19.2. The predicted octanol–water partition coefficient (Wildman–Crippen LogP) is 4.70. The highest BCUT2D eigenvalue weighted by molar-refractivity contribution is 5.75. The summed E-state index contributed by atoms with van der Waals surface area (Å²) in [5, 5.41) is 3.13. The molecule has 2 unspecified atom stereocenters. The molecular formula is C22H28N2O3. The molecule has 0 saturated carbocycles. The number of ether oxygens (including phenoxy) is 2. The van der Waals surface area contributed by atoms with Crippen LogP contribution in [0.1, 0.15) is 49.9 Å². The van der Waals surface area contributed by atoms with Gasteiger partial charge >= 0.3 is 6.03 Å². The van der Waals surface area contributed by atoms with Gasteiger partial charge in [0, 0.05) is 12.1 Å². The first kappa shape index (κ1) is 19.1. The molecule has 1 saturated heterocycles. The number of carbonyl (C=O) groups is 1. The number of hydrogen-bond donors (Lipinski definition) is 1. The van der Waals surface area contributed by atoms with Crippen LogP contribution in [0, 0.1) is 0 Å². The molecule has 2 aromatic rings. The van der Waals surface area contributed by atoms with Gasteiger partial charge in [-0.05, 0) is 50.5 Å². The Bertz CT molecular complexity index is 760. The molecule has 0 aliphatic carbocycles. The molecule has 1 N–H and O–H groups in total. The minimum atomic E-state index is -0.0768. The highest BCUT2D eigenvalue weighted by Gasteiger charge is 2.32. The Labute approximate surface area is 161 Å². The van der Waals surface area contributed by atoms with E-state index in [4.69, 9.17) is 9.47 Å². The first-order valence-corrected chi connectivity index (χ1v) is 9.56. The van der Waals surface area contributed by atoms with Crippen LogP contribution >= 0.6 is 0 Å². The topological polar surface area (TPSA) is 50.8 Å². The molecule has 2 amide bonds. The van der Waals surface area contributed by atoms with Crippen LogP contribution in [0.15, 0.2) is 48.5 Å². The second-order valence-electron chi connectivity index (χ2n) is 6.77. The van der Waals surface area contributed by atoms with Gasteiger partial charge < -0.3 is 19.7 Å². The van der Waals surface area contributed by atoms with Gasteiger partial charge in [0.1, 0.15) is 11.5 Å². The van der Waals surface area contributed by atoms with E-state index in [9.17, 15) is 4.79 Å². The molecule has 3 rings (SSSR count). The Balaban J connectivity index is 1.69. The summed E-state index contributed by atoms with van der Waals surface area (Å²) < 4.78 is 11.0. The fraction of sp³-hybridized carbons (Fsp3) is 0.409. The van der Waals surface area contributed by atoms with Crippen LogP contribution in [0.25, 0.3) is 0 Å². The van der Waals surface area contributed by atoms with Crippen LogP contribution in [0.5, 0.6) is 11.5 Å². The standard InChI is InChI=1S/C22H28N2O3/c1-4-27-18-13-11-17(12-14-18)16(2)23-22(25)24-15-7-9-20(24)19-8-5-6-10-21(19)26-3/h5-6,8,10-14,16,20H,4,7,9,15H2,1-3H3,(H,23,25). The van der Waals surface area contributed by atoms with Crippen LogP contribution in [0.3, 0.4) is 0 Å². The first-order valence-electron chi connectivity index (χ1n) is 9.56. The zero-order valence-corrected chi connectivity index (χ0v) is 16.3. The number of urea groups is 1. The average molecular weight is 368 g/mol. The van der Waals surface area contributed by atoms with Crippen molar-refractivity contribution in [2.24, 2.45) is 0 Å². The van der Waals surface area contributed by atoms with E-state index in [-0.39, 0.29) is 18.1 Å². The van der Waals surface area contributed by atoms with Crippen LogP contribution in [-0.4, -0.2) is 31.2 Å². The lowest BCUT2D eigenvalue weighted by molar-refractivity contribution is 0.189. The third-order valence-corrected chi connectivity index (χ3v) is 5.04. The van der Waals surface area contributed by atoms with Gasteiger partial charge in [0.25, 0.3) is 0 Å². The van der Waals surface area contributed by atoms with Crippen molar-refractivity contribution < 1.29 is 14.3 Å². The van der Waals surface area contributed by atoms with Crippen molar-refractivity contribution in [2.75, 3.05) is 20.3 Å². The van der Waals surface area contributed by atoms with Gasteiger partial charge in [-0.15, -0.1) is 0 Å². The summed E-state index contributed by atoms with van der Waals surface area (Å²) in [6, 6.07) is 15.8. The molecule has 2 atom stereocenters. The van der Waals surface area contributed by atoms with E-state index in [1.807, 2.05) is 67.3 Å². The maximum absolute atomic E-state index is 12.9. The SMILES string of the molecule is CCOc1ccc(C(C)NC(=O)N2CCCC2c2ccccc2OC)cc1. The smallest absolute Gasteiger partial charge is 0.318 e. The summed E-state index contributed by atoms with van der Waals surface area (Å²) in [7, 11) is 1.67. The Morgan fingerprint density at radius 1 is 1.22 bits per heavy atom. The fourth-order valence-corrected chi connectivity index (χ4v) is 3.65. The number of rotatable bonds is 6. The Kier molecular flexibility index (Phi) is 6.22. The Morgan fingerprint density at radius 2 is 1.96 bits per heavy atom. The highest BCUT2D eigenvalue weighted by Crippen LogP contribution is 2.37. The second-order valence-corrected chi connectivity index (χ2v) is 6.77. The van der Waals surface area contributed by atoms with E-state index in [2.05, 4.69) is 5.32 Å². The van der Waals surface area contributed by atoms with Crippen molar-refractivity contribution in [3.05, 3.63) is 59.7 Å². The van der Waals surface area contributed by atoms with E-state index < -0.39 is 0 Å². The van der Waals surface area contributed by atoms with Crippen LogP contribution in [-0.2, 0) is 0 Å². The van der Waals surface area contributed by atoms with E-state index in [1.165, 1.54) is 0 Å². The Hall–Kier alpha value is -2.69. The minimum Gasteiger partial charge on any atom is -0.496 e. The zero-order valence-electron chi connectivity index (χ0n) is 16.3. The van der Waals surface area contributed by atoms with Gasteiger partial charge in [0.2, 0.25) is 0 Å². The molecule has 1 aliphatic heterocycles. The Morgan fingerprint density at radius 3 is 2.67 bits per heavy atom. The van der Waals surface area contributed by atoms with Gasteiger partial charge in [-0.2, -0.15) is 0 Å². The number of para-hydroxylation sites is 1. The number of carbonyl (C=O) groups excluding carboxylic acids is 1. The summed E-state index contributed by atoms with van der Waals surface area (Å²) in [5.74, 6) is 1.68. The molecule has 27 heavy (non-hydrogen) atoms. The molecule has 1 fully saturated rings. The van der Waals surface area contributed by atoms with Gasteiger partial charge in [0.15, 0.2) is 0 Å². The van der Waals surface area contributed by atoms with Crippen molar-refractivity contribution in [3.8, 4) is 11.5 Å². The van der Waals surface area contributed by atoms with Gasteiger partial charge in [-0.3, -0.25) is 0 Å². The molecule has 5 heteroatoms. The van der Waals surface area contributed by atoms with E-state index >= 15 is 0 Å². The number of benzene rings is 2. The maximum Gasteiger partial charge on any atom is 0.318 e. The second kappa shape index (κ2) is 8.80. The quantitative estimate of drug-likeness (QED) is 0.804. The highest BCUT2D eigenvalue weighted by atomic mass is 16.5. The van der Waals surface area contributed by atoms with Gasteiger partial charge in [-0.25, -0.2) is 4.79 Å². The summed E-state index contributed by atoms with van der Waals surface area (Å²) in [6.07, 6.45) is 1.94. The number of amides is 2. The first-order chi connectivity index (χ1) is 13.1. The monoisotopic (exact) mass is 368 g/mol. The van der Waals surface area contributed by atoms with Gasteiger partial charge in [-0.1, -0.05) is 30.3 Å². The van der Waals surface area contributed by atoms with Crippen molar-refractivity contribution in [2.45, 2.75) is 38.8 Å².